The number of hydrogen-bond acceptors (Lipinski definition) is 2. The van der Waals surface area contributed by atoms with E-state index < -0.39 is 0 Å². The van der Waals surface area contributed by atoms with Crippen molar-refractivity contribution in [3.05, 3.63) is 18.7 Å². The molecule has 0 aromatic carbocycles. The number of nitrogens with zero attached hydrogens (tertiary/aromatic N) is 3. The molecule has 0 aliphatic heterocycles. The lowest BCUT2D eigenvalue weighted by atomic mass is 10.1. The third kappa shape index (κ3) is 5.21. The SMILES string of the molecule is CCNC(=NCCn1ccnc1)NC(C)C(C)C. The van der Waals surface area contributed by atoms with Gasteiger partial charge in [-0.1, -0.05) is 13.8 Å². The second kappa shape index (κ2) is 7.74. The van der Waals surface area contributed by atoms with Crippen LogP contribution in [0.4, 0.5) is 0 Å². The van der Waals surface area contributed by atoms with Crippen molar-refractivity contribution in [1.82, 2.24) is 20.2 Å². The Bertz CT molecular complexity index is 342. The summed E-state index contributed by atoms with van der Waals surface area (Å²) < 4.78 is 2.03. The van der Waals surface area contributed by atoms with E-state index in [0.29, 0.717) is 12.0 Å². The largest absolute Gasteiger partial charge is 0.357 e. The fourth-order valence-corrected chi connectivity index (χ4v) is 1.40. The Labute approximate surface area is 110 Å². The first-order valence-corrected chi connectivity index (χ1v) is 6.64. The summed E-state index contributed by atoms with van der Waals surface area (Å²) in [5, 5.41) is 6.67. The third-order valence-electron chi connectivity index (χ3n) is 2.90. The van der Waals surface area contributed by atoms with Crippen LogP contribution in [0.3, 0.4) is 0 Å². The molecule has 0 aliphatic rings. The molecule has 1 atom stereocenters. The fourth-order valence-electron chi connectivity index (χ4n) is 1.40. The van der Waals surface area contributed by atoms with Gasteiger partial charge in [-0.15, -0.1) is 0 Å². The summed E-state index contributed by atoms with van der Waals surface area (Å²) in [6, 6.07) is 0.413. The lowest BCUT2D eigenvalue weighted by molar-refractivity contribution is 0.480. The van der Waals surface area contributed by atoms with Gasteiger partial charge in [-0.05, 0) is 19.8 Å². The van der Waals surface area contributed by atoms with Crippen molar-refractivity contribution in [1.29, 1.82) is 0 Å². The molecule has 1 unspecified atom stereocenters. The van der Waals surface area contributed by atoms with Crippen LogP contribution in [0.15, 0.2) is 23.7 Å². The van der Waals surface area contributed by atoms with E-state index in [4.69, 9.17) is 0 Å². The van der Waals surface area contributed by atoms with Crippen molar-refractivity contribution in [2.75, 3.05) is 13.1 Å². The Balaban J connectivity index is 2.44. The van der Waals surface area contributed by atoms with Crippen LogP contribution in [0, 0.1) is 5.92 Å². The maximum atomic E-state index is 4.56. The molecule has 0 fully saturated rings. The molecule has 18 heavy (non-hydrogen) atoms. The van der Waals surface area contributed by atoms with E-state index >= 15 is 0 Å². The third-order valence-corrected chi connectivity index (χ3v) is 2.90. The highest BCUT2D eigenvalue weighted by Crippen LogP contribution is 1.99. The Morgan fingerprint density at radius 3 is 2.72 bits per heavy atom. The van der Waals surface area contributed by atoms with Gasteiger partial charge in [0.1, 0.15) is 0 Å². The number of nitrogens with one attached hydrogen (secondary N) is 2. The standard InChI is InChI=1S/C13H25N5/c1-5-15-13(17-12(4)11(2)3)16-7-9-18-8-6-14-10-18/h6,8,10-12H,5,7,9H2,1-4H3,(H2,15,16,17). The minimum Gasteiger partial charge on any atom is -0.357 e. The Kier molecular flexibility index (Phi) is 6.25. The highest BCUT2D eigenvalue weighted by Gasteiger charge is 2.08. The van der Waals surface area contributed by atoms with E-state index in [-0.39, 0.29) is 0 Å². The van der Waals surface area contributed by atoms with E-state index in [1.165, 1.54) is 0 Å². The van der Waals surface area contributed by atoms with Crippen LogP contribution in [0.5, 0.6) is 0 Å². The van der Waals surface area contributed by atoms with Crippen LogP contribution in [-0.4, -0.2) is 34.6 Å². The molecular formula is C13H25N5. The molecule has 5 heteroatoms. The van der Waals surface area contributed by atoms with E-state index in [1.807, 2.05) is 17.1 Å². The average molecular weight is 251 g/mol. The summed E-state index contributed by atoms with van der Waals surface area (Å²) in [4.78, 5) is 8.57. The molecule has 1 aromatic heterocycles. The predicted molar refractivity (Wildman–Crippen MR) is 75.6 cm³/mol. The molecule has 5 nitrogen and oxygen atoms in total. The van der Waals surface area contributed by atoms with E-state index in [0.717, 1.165) is 25.6 Å². The van der Waals surface area contributed by atoms with Gasteiger partial charge in [-0.3, -0.25) is 4.99 Å². The van der Waals surface area contributed by atoms with Crippen LogP contribution in [0.1, 0.15) is 27.7 Å². The molecule has 0 amide bonds. The summed E-state index contributed by atoms with van der Waals surface area (Å²) in [6.07, 6.45) is 5.55. The zero-order valence-electron chi connectivity index (χ0n) is 11.8. The molecular weight excluding hydrogens is 226 g/mol. The molecule has 1 heterocycles. The zero-order valence-corrected chi connectivity index (χ0v) is 11.8. The summed E-state index contributed by atoms with van der Waals surface area (Å²) in [6.45, 7) is 11.1. The zero-order chi connectivity index (χ0) is 13.4. The minimum absolute atomic E-state index is 0.413. The number of aliphatic imine (C=N–C) groups is 1. The maximum Gasteiger partial charge on any atom is 0.191 e. The number of guanidine groups is 1. The van der Waals surface area contributed by atoms with Crippen LogP contribution < -0.4 is 10.6 Å². The predicted octanol–water partition coefficient (Wildman–Crippen LogP) is 1.48. The molecule has 1 aromatic rings. The number of hydrogen-bond donors (Lipinski definition) is 2. The van der Waals surface area contributed by atoms with Crippen molar-refractivity contribution in [3.8, 4) is 0 Å². The van der Waals surface area contributed by atoms with Crippen LogP contribution in [-0.2, 0) is 6.54 Å². The quantitative estimate of drug-likeness (QED) is 0.595. The smallest absolute Gasteiger partial charge is 0.191 e. The van der Waals surface area contributed by atoms with E-state index in [2.05, 4.69) is 48.3 Å². The Morgan fingerprint density at radius 1 is 1.39 bits per heavy atom. The topological polar surface area (TPSA) is 54.2 Å². The van der Waals surface area contributed by atoms with Crippen molar-refractivity contribution in [2.24, 2.45) is 10.9 Å². The van der Waals surface area contributed by atoms with Gasteiger partial charge >= 0.3 is 0 Å². The van der Waals surface area contributed by atoms with Gasteiger partial charge in [0.25, 0.3) is 0 Å². The molecule has 0 radical (unpaired) electrons. The van der Waals surface area contributed by atoms with Crippen LogP contribution in [0.2, 0.25) is 0 Å². The van der Waals surface area contributed by atoms with Gasteiger partial charge in [-0.25, -0.2) is 4.98 Å². The van der Waals surface area contributed by atoms with Gasteiger partial charge in [0.05, 0.1) is 12.9 Å². The fraction of sp³-hybridized carbons (Fsp3) is 0.692. The van der Waals surface area contributed by atoms with E-state index in [9.17, 15) is 0 Å². The van der Waals surface area contributed by atoms with E-state index in [1.54, 1.807) is 6.20 Å². The molecule has 0 aliphatic carbocycles. The Hall–Kier alpha value is -1.52. The van der Waals surface area contributed by atoms with Crippen molar-refractivity contribution < 1.29 is 0 Å². The molecule has 1 rings (SSSR count). The second-order valence-electron chi connectivity index (χ2n) is 4.74. The lowest BCUT2D eigenvalue weighted by Gasteiger charge is -2.20. The normalized spacial score (nSPS) is 13.7. The first-order chi connectivity index (χ1) is 8.63. The number of aromatic nitrogens is 2. The molecule has 0 saturated carbocycles. The van der Waals surface area contributed by atoms with Gasteiger partial charge < -0.3 is 15.2 Å². The average Bonchev–Trinajstić information content (AvgIpc) is 2.82. The van der Waals surface area contributed by atoms with Crippen LogP contribution in [0.25, 0.3) is 0 Å². The minimum atomic E-state index is 0.413. The maximum absolute atomic E-state index is 4.56. The Morgan fingerprint density at radius 2 is 2.17 bits per heavy atom. The van der Waals surface area contributed by atoms with Crippen LogP contribution >= 0.6 is 0 Å². The molecule has 0 saturated heterocycles. The highest BCUT2D eigenvalue weighted by molar-refractivity contribution is 5.80. The van der Waals surface area contributed by atoms with Gasteiger partial charge in [0.15, 0.2) is 5.96 Å². The summed E-state index contributed by atoms with van der Waals surface area (Å²) in [5.41, 5.74) is 0. The van der Waals surface area contributed by atoms with Gasteiger partial charge in [0, 0.05) is 31.5 Å². The first-order valence-electron chi connectivity index (χ1n) is 6.64. The summed E-state index contributed by atoms with van der Waals surface area (Å²) >= 11 is 0. The first kappa shape index (κ1) is 14.5. The van der Waals surface area contributed by atoms with Gasteiger partial charge in [-0.2, -0.15) is 0 Å². The lowest BCUT2D eigenvalue weighted by Crippen LogP contribution is -2.44. The van der Waals surface area contributed by atoms with Gasteiger partial charge in [0.2, 0.25) is 0 Å². The molecule has 2 N–H and O–H groups in total. The summed E-state index contributed by atoms with van der Waals surface area (Å²) in [7, 11) is 0. The monoisotopic (exact) mass is 251 g/mol. The van der Waals surface area contributed by atoms with Crippen molar-refractivity contribution >= 4 is 5.96 Å². The number of rotatable bonds is 6. The highest BCUT2D eigenvalue weighted by atomic mass is 15.2. The molecule has 0 spiro atoms. The summed E-state index contributed by atoms with van der Waals surface area (Å²) in [5.74, 6) is 1.47. The van der Waals surface area contributed by atoms with Crippen molar-refractivity contribution in [2.45, 2.75) is 40.3 Å². The number of imidazole rings is 1. The second-order valence-corrected chi connectivity index (χ2v) is 4.74. The van der Waals surface area contributed by atoms with Crippen molar-refractivity contribution in [3.63, 3.8) is 0 Å². The molecule has 102 valence electrons. The molecule has 0 bridgehead atoms.